The van der Waals surface area contributed by atoms with Gasteiger partial charge in [0.05, 0.1) is 5.56 Å². The molecule has 0 spiro atoms. The van der Waals surface area contributed by atoms with Crippen LogP contribution in [0.4, 0.5) is 4.39 Å². The summed E-state index contributed by atoms with van der Waals surface area (Å²) < 4.78 is 14.1. The number of carbonyl (C=O) groups is 1. The van der Waals surface area contributed by atoms with Gasteiger partial charge in [-0.3, -0.25) is 4.79 Å². The van der Waals surface area contributed by atoms with Gasteiger partial charge in [-0.1, -0.05) is 19.9 Å². The Morgan fingerprint density at radius 1 is 1.42 bits per heavy atom. The zero-order chi connectivity index (χ0) is 14.2. The van der Waals surface area contributed by atoms with E-state index in [1.54, 1.807) is 12.1 Å². The lowest BCUT2D eigenvalue weighted by Gasteiger charge is -2.13. The predicted octanol–water partition coefficient (Wildman–Crippen LogP) is 3.30. The highest BCUT2D eigenvalue weighted by Crippen LogP contribution is 2.33. The smallest absolute Gasteiger partial charge is 0.251 e. The molecule has 0 bridgehead atoms. The van der Waals surface area contributed by atoms with Gasteiger partial charge in [-0.25, -0.2) is 4.39 Å². The summed E-state index contributed by atoms with van der Waals surface area (Å²) in [4.78, 5) is 11.1. The minimum absolute atomic E-state index is 0.0439. The molecule has 0 aromatic heterocycles. The molecule has 0 aliphatic carbocycles. The second kappa shape index (κ2) is 4.88. The fourth-order valence-corrected chi connectivity index (χ4v) is 2.15. The van der Waals surface area contributed by atoms with E-state index >= 15 is 0 Å². The van der Waals surface area contributed by atoms with E-state index in [4.69, 9.17) is 5.73 Å². The van der Waals surface area contributed by atoms with Crippen LogP contribution in [0.3, 0.4) is 0 Å². The van der Waals surface area contributed by atoms with Crippen molar-refractivity contribution in [2.45, 2.75) is 26.2 Å². The van der Waals surface area contributed by atoms with Crippen LogP contribution < -0.4 is 5.73 Å². The Hall–Kier alpha value is -2.10. The van der Waals surface area contributed by atoms with Crippen LogP contribution in [0.5, 0.6) is 5.75 Å². The summed E-state index contributed by atoms with van der Waals surface area (Å²) in [5.74, 6) is -1.27. The predicted molar refractivity (Wildman–Crippen MR) is 72.8 cm³/mol. The number of aromatic hydroxyl groups is 1. The number of fused-ring (bicyclic) bond motifs is 1. The van der Waals surface area contributed by atoms with Crippen LogP contribution in [-0.2, 0) is 0 Å². The monoisotopic (exact) mass is 261 g/mol. The number of phenols is 1. The fourth-order valence-electron chi connectivity index (χ4n) is 2.15. The summed E-state index contributed by atoms with van der Waals surface area (Å²) in [5.41, 5.74) is 5.72. The van der Waals surface area contributed by atoms with Gasteiger partial charge in [0.15, 0.2) is 0 Å². The molecule has 1 atom stereocenters. The molecule has 2 aromatic rings. The number of benzene rings is 2. The van der Waals surface area contributed by atoms with Gasteiger partial charge in [0.25, 0.3) is 5.91 Å². The molecule has 0 aliphatic heterocycles. The average Bonchev–Trinajstić information content (AvgIpc) is 2.38. The van der Waals surface area contributed by atoms with E-state index in [0.717, 1.165) is 12.0 Å². The fraction of sp³-hybridized carbons (Fsp3) is 0.267. The van der Waals surface area contributed by atoms with Crippen molar-refractivity contribution in [1.29, 1.82) is 0 Å². The van der Waals surface area contributed by atoms with Gasteiger partial charge in [0.2, 0.25) is 0 Å². The standard InChI is InChI=1S/C15H16FNO2/c1-3-8(2)11-6-9-4-5-10(15(17)19)14(16)12(9)7-13(11)18/h4-8,18H,3H2,1-2H3,(H2,17,19). The molecular weight excluding hydrogens is 245 g/mol. The van der Waals surface area contributed by atoms with Crippen molar-refractivity contribution in [2.24, 2.45) is 5.73 Å². The number of nitrogens with two attached hydrogens (primary N) is 1. The van der Waals surface area contributed by atoms with Crippen LogP contribution in [0.15, 0.2) is 24.3 Å². The molecule has 0 radical (unpaired) electrons. The van der Waals surface area contributed by atoms with Crippen LogP contribution in [0.25, 0.3) is 10.8 Å². The van der Waals surface area contributed by atoms with Gasteiger partial charge < -0.3 is 10.8 Å². The Balaban J connectivity index is 2.71. The molecule has 19 heavy (non-hydrogen) atoms. The maximum absolute atomic E-state index is 14.1. The van der Waals surface area contributed by atoms with Gasteiger partial charge in [0, 0.05) is 5.39 Å². The molecule has 2 aromatic carbocycles. The van der Waals surface area contributed by atoms with Gasteiger partial charge in [0.1, 0.15) is 11.6 Å². The van der Waals surface area contributed by atoms with Crippen LogP contribution in [-0.4, -0.2) is 11.0 Å². The second-order valence-electron chi connectivity index (χ2n) is 4.73. The molecule has 2 rings (SSSR count). The molecule has 4 heteroatoms. The summed E-state index contributed by atoms with van der Waals surface area (Å²) in [6.07, 6.45) is 0.876. The van der Waals surface area contributed by atoms with Crippen LogP contribution in [0.1, 0.15) is 42.1 Å². The molecule has 100 valence electrons. The highest BCUT2D eigenvalue weighted by atomic mass is 19.1. The van der Waals surface area contributed by atoms with E-state index in [9.17, 15) is 14.3 Å². The highest BCUT2D eigenvalue weighted by Gasteiger charge is 2.15. The Labute approximate surface area is 110 Å². The molecule has 0 aliphatic rings. The maximum Gasteiger partial charge on any atom is 0.251 e. The first-order valence-electron chi connectivity index (χ1n) is 6.20. The van der Waals surface area contributed by atoms with E-state index < -0.39 is 11.7 Å². The van der Waals surface area contributed by atoms with Crippen molar-refractivity contribution in [3.63, 3.8) is 0 Å². The lowest BCUT2D eigenvalue weighted by Crippen LogP contribution is -2.13. The number of phenolic OH excluding ortho intramolecular Hbond substituents is 1. The maximum atomic E-state index is 14.1. The second-order valence-corrected chi connectivity index (χ2v) is 4.73. The summed E-state index contributed by atoms with van der Waals surface area (Å²) >= 11 is 0. The van der Waals surface area contributed by atoms with Gasteiger partial charge in [-0.05, 0) is 41.5 Å². The first-order valence-corrected chi connectivity index (χ1v) is 6.20. The molecule has 1 unspecified atom stereocenters. The zero-order valence-corrected chi connectivity index (χ0v) is 10.9. The minimum Gasteiger partial charge on any atom is -0.508 e. The third-order valence-electron chi connectivity index (χ3n) is 3.51. The van der Waals surface area contributed by atoms with E-state index in [1.807, 2.05) is 13.8 Å². The summed E-state index contributed by atoms with van der Waals surface area (Å²) in [7, 11) is 0. The van der Waals surface area contributed by atoms with Crippen LogP contribution >= 0.6 is 0 Å². The number of halogens is 1. The van der Waals surface area contributed by atoms with Crippen molar-refractivity contribution >= 4 is 16.7 Å². The van der Waals surface area contributed by atoms with Gasteiger partial charge in [-0.15, -0.1) is 0 Å². The summed E-state index contributed by atoms with van der Waals surface area (Å²) in [6, 6.07) is 6.13. The Bertz CT molecular complexity index is 652. The van der Waals surface area contributed by atoms with Crippen molar-refractivity contribution in [3.8, 4) is 5.75 Å². The Kier molecular flexibility index (Phi) is 3.42. The number of amides is 1. The SMILES string of the molecule is CCC(C)c1cc2ccc(C(N)=O)c(F)c2cc1O. The van der Waals surface area contributed by atoms with Gasteiger partial charge in [-0.2, -0.15) is 0 Å². The summed E-state index contributed by atoms with van der Waals surface area (Å²) in [5, 5.41) is 10.8. The van der Waals surface area contributed by atoms with Crippen LogP contribution in [0.2, 0.25) is 0 Å². The number of hydrogen-bond acceptors (Lipinski definition) is 2. The zero-order valence-electron chi connectivity index (χ0n) is 10.9. The first-order chi connectivity index (χ1) is 8.95. The lowest BCUT2D eigenvalue weighted by atomic mass is 9.94. The Morgan fingerprint density at radius 2 is 2.11 bits per heavy atom. The van der Waals surface area contributed by atoms with E-state index in [1.165, 1.54) is 12.1 Å². The summed E-state index contributed by atoms with van der Waals surface area (Å²) in [6.45, 7) is 4.01. The van der Waals surface area contributed by atoms with Crippen molar-refractivity contribution in [2.75, 3.05) is 0 Å². The highest BCUT2D eigenvalue weighted by molar-refractivity contribution is 5.98. The quantitative estimate of drug-likeness (QED) is 0.890. The third-order valence-corrected chi connectivity index (χ3v) is 3.51. The molecule has 3 N–H and O–H groups in total. The minimum atomic E-state index is -0.815. The van der Waals surface area contributed by atoms with E-state index in [0.29, 0.717) is 5.39 Å². The van der Waals surface area contributed by atoms with Gasteiger partial charge >= 0.3 is 0 Å². The topological polar surface area (TPSA) is 63.3 Å². The first kappa shape index (κ1) is 13.3. The molecule has 0 heterocycles. The normalized spacial score (nSPS) is 12.6. The van der Waals surface area contributed by atoms with Crippen molar-refractivity contribution in [1.82, 2.24) is 0 Å². The number of carbonyl (C=O) groups excluding carboxylic acids is 1. The molecular formula is C15H16FNO2. The number of rotatable bonds is 3. The third kappa shape index (κ3) is 2.26. The van der Waals surface area contributed by atoms with E-state index in [-0.39, 0.29) is 22.6 Å². The largest absolute Gasteiger partial charge is 0.508 e. The van der Waals surface area contributed by atoms with Crippen LogP contribution in [0, 0.1) is 5.82 Å². The molecule has 0 saturated carbocycles. The number of primary amides is 1. The van der Waals surface area contributed by atoms with Crippen molar-refractivity contribution in [3.05, 3.63) is 41.2 Å². The molecule has 1 amide bonds. The van der Waals surface area contributed by atoms with Crippen molar-refractivity contribution < 1.29 is 14.3 Å². The average molecular weight is 261 g/mol. The van der Waals surface area contributed by atoms with E-state index in [2.05, 4.69) is 0 Å². The molecule has 3 nitrogen and oxygen atoms in total. The molecule has 0 fully saturated rings. The molecule has 0 saturated heterocycles. The lowest BCUT2D eigenvalue weighted by molar-refractivity contribution is 0.0997. The number of hydrogen-bond donors (Lipinski definition) is 2. The Morgan fingerprint density at radius 3 is 2.68 bits per heavy atom.